The lowest BCUT2D eigenvalue weighted by Crippen LogP contribution is -2.40. The van der Waals surface area contributed by atoms with Gasteiger partial charge in [-0.25, -0.2) is 0 Å². The fourth-order valence-corrected chi connectivity index (χ4v) is 5.39. The Balaban J connectivity index is 0.000000569. The van der Waals surface area contributed by atoms with E-state index in [0.717, 1.165) is 31.6 Å². The van der Waals surface area contributed by atoms with Gasteiger partial charge in [0.05, 0.1) is 24.7 Å². The van der Waals surface area contributed by atoms with Gasteiger partial charge in [-0.2, -0.15) is 11.3 Å². The molecule has 0 aliphatic carbocycles. The van der Waals surface area contributed by atoms with Crippen LogP contribution in [0.5, 0.6) is 0 Å². The molecule has 6 nitrogen and oxygen atoms in total. The van der Waals surface area contributed by atoms with Crippen LogP contribution in [0.2, 0.25) is 0 Å². The van der Waals surface area contributed by atoms with Crippen LogP contribution in [0.1, 0.15) is 18.4 Å². The van der Waals surface area contributed by atoms with Gasteiger partial charge in [-0.15, -0.1) is 0 Å². The summed E-state index contributed by atoms with van der Waals surface area (Å²) in [7, 11) is 4.26. The number of carboxylic acid groups (broad SMARTS) is 1. The molecule has 3 fully saturated rings. The number of carbonyl (C=O) groups excluding carboxylic acids is 1. The number of likely N-dealkylation sites (tertiary alicyclic amines) is 1. The fraction of sp³-hybridized carbons (Fsp3) is 0.667. The predicted octanol–water partition coefficient (Wildman–Crippen LogP) is 1.56. The van der Waals surface area contributed by atoms with E-state index < -0.39 is 0 Å². The molecule has 3 aliphatic heterocycles. The molecule has 1 spiro atoms. The third-order valence-electron chi connectivity index (χ3n) is 5.65. The van der Waals surface area contributed by atoms with E-state index in [4.69, 9.17) is 14.6 Å². The topological polar surface area (TPSA) is 70.1 Å². The lowest BCUT2D eigenvalue weighted by atomic mass is 9.73. The highest BCUT2D eigenvalue weighted by Crippen LogP contribution is 2.54. The second-order valence-corrected chi connectivity index (χ2v) is 8.26. The molecule has 0 unspecified atom stereocenters. The van der Waals surface area contributed by atoms with Crippen LogP contribution in [0.4, 0.5) is 0 Å². The number of carbonyl (C=O) groups is 2. The van der Waals surface area contributed by atoms with Crippen LogP contribution in [0.25, 0.3) is 0 Å². The summed E-state index contributed by atoms with van der Waals surface area (Å²) in [5.41, 5.74) is 1.11. The predicted molar refractivity (Wildman–Crippen MR) is 95.7 cm³/mol. The van der Waals surface area contributed by atoms with Crippen molar-refractivity contribution in [1.29, 1.82) is 0 Å². The standard InChI is InChI=1S/C17H24N2O2S.CH2O2/c1-18(2)8-13-14-9-19(11-17(14)5-3-15(13)21-17)16(20)7-12-4-6-22-10-12;2-1-3/h4,6,10,13-15H,3,5,7-9,11H2,1-2H3;1H,(H,2,3)/t13-,14+,15+,17+;/m0./s1. The van der Waals surface area contributed by atoms with E-state index in [9.17, 15) is 4.79 Å². The minimum Gasteiger partial charge on any atom is -0.483 e. The van der Waals surface area contributed by atoms with Gasteiger partial charge in [-0.3, -0.25) is 9.59 Å². The highest BCUT2D eigenvalue weighted by Gasteiger charge is 2.63. The van der Waals surface area contributed by atoms with E-state index in [1.807, 2.05) is 5.38 Å². The smallest absolute Gasteiger partial charge is 0.290 e. The van der Waals surface area contributed by atoms with Crippen molar-refractivity contribution in [2.75, 3.05) is 33.7 Å². The number of amides is 1. The summed E-state index contributed by atoms with van der Waals surface area (Å²) >= 11 is 1.66. The minimum absolute atomic E-state index is 0.0321. The van der Waals surface area contributed by atoms with Crippen molar-refractivity contribution in [3.63, 3.8) is 0 Å². The molecule has 4 heterocycles. The minimum atomic E-state index is -0.250. The van der Waals surface area contributed by atoms with Crippen molar-refractivity contribution in [3.05, 3.63) is 22.4 Å². The first kappa shape index (κ1) is 18.4. The highest BCUT2D eigenvalue weighted by molar-refractivity contribution is 7.08. The number of nitrogens with zero attached hydrogens (tertiary/aromatic N) is 2. The number of hydrogen-bond acceptors (Lipinski definition) is 5. The van der Waals surface area contributed by atoms with Gasteiger partial charge in [-0.05, 0) is 49.3 Å². The zero-order valence-electron chi connectivity index (χ0n) is 14.8. The lowest BCUT2D eigenvalue weighted by Gasteiger charge is -2.30. The van der Waals surface area contributed by atoms with E-state index in [1.54, 1.807) is 11.3 Å². The molecular formula is C18H26N2O4S. The number of rotatable bonds is 4. The molecule has 0 saturated carbocycles. The van der Waals surface area contributed by atoms with Crippen molar-refractivity contribution < 1.29 is 19.4 Å². The first-order chi connectivity index (χ1) is 12.0. The number of fused-ring (bicyclic) bond motifs is 1. The molecule has 3 saturated heterocycles. The Morgan fingerprint density at radius 3 is 2.96 bits per heavy atom. The largest absolute Gasteiger partial charge is 0.483 e. The third kappa shape index (κ3) is 3.59. The average molecular weight is 366 g/mol. The summed E-state index contributed by atoms with van der Waals surface area (Å²) in [5, 5.41) is 11.0. The Kier molecular flexibility index (Phi) is 5.46. The van der Waals surface area contributed by atoms with Crippen molar-refractivity contribution >= 4 is 23.7 Å². The molecule has 2 bridgehead atoms. The summed E-state index contributed by atoms with van der Waals surface area (Å²) in [4.78, 5) is 25.3. The average Bonchev–Trinajstić information content (AvgIpc) is 3.29. The maximum absolute atomic E-state index is 12.6. The monoisotopic (exact) mass is 366 g/mol. The molecule has 0 aromatic carbocycles. The van der Waals surface area contributed by atoms with Gasteiger partial charge < -0.3 is 19.6 Å². The van der Waals surface area contributed by atoms with Crippen molar-refractivity contribution in [2.45, 2.75) is 31.0 Å². The summed E-state index contributed by atoms with van der Waals surface area (Å²) in [6.45, 7) is 2.52. The zero-order valence-corrected chi connectivity index (χ0v) is 15.6. The van der Waals surface area contributed by atoms with Crippen molar-refractivity contribution in [1.82, 2.24) is 9.80 Å². The SMILES string of the molecule is CN(C)C[C@H]1[C@H]2CN(C(=O)Cc3ccsc3)C[C@]23CC[C@H]1O3.O=CO. The van der Waals surface area contributed by atoms with Crippen LogP contribution in [0, 0.1) is 11.8 Å². The maximum Gasteiger partial charge on any atom is 0.290 e. The Morgan fingerprint density at radius 2 is 2.32 bits per heavy atom. The van der Waals surface area contributed by atoms with Crippen LogP contribution in [0.3, 0.4) is 0 Å². The molecule has 4 rings (SSSR count). The molecule has 25 heavy (non-hydrogen) atoms. The summed E-state index contributed by atoms with van der Waals surface area (Å²) in [6.07, 6.45) is 3.26. The van der Waals surface area contributed by atoms with Gasteiger partial charge >= 0.3 is 0 Å². The normalized spacial score (nSPS) is 32.4. The van der Waals surface area contributed by atoms with E-state index >= 15 is 0 Å². The summed E-state index contributed by atoms with van der Waals surface area (Å²) in [6, 6.07) is 2.05. The molecule has 1 amide bonds. The van der Waals surface area contributed by atoms with Gasteiger partial charge in [0, 0.05) is 24.9 Å². The highest BCUT2D eigenvalue weighted by atomic mass is 32.1. The second-order valence-electron chi connectivity index (χ2n) is 7.48. The fourth-order valence-electron chi connectivity index (χ4n) is 4.73. The van der Waals surface area contributed by atoms with Crippen molar-refractivity contribution in [3.8, 4) is 0 Å². The van der Waals surface area contributed by atoms with Crippen LogP contribution in [0.15, 0.2) is 16.8 Å². The van der Waals surface area contributed by atoms with Gasteiger partial charge in [0.2, 0.25) is 5.91 Å². The molecule has 3 aliphatic rings. The lowest BCUT2D eigenvalue weighted by molar-refractivity contribution is -0.131. The van der Waals surface area contributed by atoms with E-state index in [1.165, 1.54) is 6.42 Å². The molecule has 7 heteroatoms. The molecule has 1 aromatic rings. The number of ether oxygens (including phenoxy) is 1. The Hall–Kier alpha value is -1.44. The first-order valence-electron chi connectivity index (χ1n) is 8.68. The third-order valence-corrected chi connectivity index (χ3v) is 6.38. The zero-order chi connectivity index (χ0) is 18.0. The molecule has 1 aromatic heterocycles. The van der Waals surface area contributed by atoms with Crippen LogP contribution < -0.4 is 0 Å². The summed E-state index contributed by atoms with van der Waals surface area (Å²) in [5.74, 6) is 1.38. The van der Waals surface area contributed by atoms with Gasteiger partial charge in [0.15, 0.2) is 0 Å². The van der Waals surface area contributed by atoms with Crippen molar-refractivity contribution in [2.24, 2.45) is 11.8 Å². The Bertz CT molecular complexity index is 606. The quantitative estimate of drug-likeness (QED) is 0.819. The maximum atomic E-state index is 12.6. The van der Waals surface area contributed by atoms with E-state index in [-0.39, 0.29) is 18.0 Å². The molecule has 1 N–H and O–H groups in total. The van der Waals surface area contributed by atoms with Gasteiger partial charge in [-0.1, -0.05) is 0 Å². The second kappa shape index (κ2) is 7.43. The first-order valence-corrected chi connectivity index (χ1v) is 9.62. The summed E-state index contributed by atoms with van der Waals surface area (Å²) < 4.78 is 6.39. The number of hydrogen-bond donors (Lipinski definition) is 1. The molecular weight excluding hydrogens is 340 g/mol. The Labute approximate surface area is 152 Å². The Morgan fingerprint density at radius 1 is 1.56 bits per heavy atom. The van der Waals surface area contributed by atoms with E-state index in [0.29, 0.717) is 24.4 Å². The van der Waals surface area contributed by atoms with Crippen LogP contribution >= 0.6 is 11.3 Å². The molecule has 4 atom stereocenters. The molecule has 138 valence electrons. The van der Waals surface area contributed by atoms with Crippen LogP contribution in [-0.2, 0) is 20.7 Å². The van der Waals surface area contributed by atoms with Gasteiger partial charge in [0.1, 0.15) is 0 Å². The molecule has 0 radical (unpaired) electrons. The van der Waals surface area contributed by atoms with E-state index in [2.05, 4.69) is 35.3 Å². The van der Waals surface area contributed by atoms with Gasteiger partial charge in [0.25, 0.3) is 6.47 Å². The number of thiophene rings is 1. The van der Waals surface area contributed by atoms with Crippen LogP contribution in [-0.4, -0.2) is 72.7 Å².